The van der Waals surface area contributed by atoms with Crippen LogP contribution in [0.3, 0.4) is 0 Å². The van der Waals surface area contributed by atoms with Gasteiger partial charge in [0.2, 0.25) is 0 Å². The van der Waals surface area contributed by atoms with E-state index in [2.05, 4.69) is 20.4 Å². The first-order valence-electron chi connectivity index (χ1n) is 11.0. The number of hydrogen-bond acceptors (Lipinski definition) is 6. The van der Waals surface area contributed by atoms with Crippen LogP contribution in [-0.2, 0) is 13.6 Å². The van der Waals surface area contributed by atoms with Gasteiger partial charge in [-0.25, -0.2) is 14.8 Å². The van der Waals surface area contributed by atoms with Gasteiger partial charge in [-0.3, -0.25) is 14.3 Å². The van der Waals surface area contributed by atoms with E-state index in [9.17, 15) is 19.5 Å². The predicted molar refractivity (Wildman–Crippen MR) is 122 cm³/mol. The third kappa shape index (κ3) is 5.11. The smallest absolute Gasteiger partial charge is 0.335 e. The number of likely N-dealkylation sites (tertiary alicyclic amines) is 1. The van der Waals surface area contributed by atoms with E-state index < -0.39 is 5.97 Å². The van der Waals surface area contributed by atoms with Gasteiger partial charge in [-0.05, 0) is 38.0 Å². The number of carbonyl (C=O) groups excluding carboxylic acids is 2. The van der Waals surface area contributed by atoms with Crippen molar-refractivity contribution in [2.75, 3.05) is 13.1 Å². The summed E-state index contributed by atoms with van der Waals surface area (Å²) in [6.45, 7) is 3.11. The fraction of sp³-hybridized carbons (Fsp3) is 0.333. The van der Waals surface area contributed by atoms with E-state index >= 15 is 0 Å². The highest BCUT2D eigenvalue weighted by Crippen LogP contribution is 2.30. The summed E-state index contributed by atoms with van der Waals surface area (Å²) in [4.78, 5) is 47.6. The molecule has 2 aromatic heterocycles. The van der Waals surface area contributed by atoms with E-state index in [1.54, 1.807) is 41.0 Å². The van der Waals surface area contributed by atoms with Crippen LogP contribution in [0.4, 0.5) is 0 Å². The summed E-state index contributed by atoms with van der Waals surface area (Å²) in [6.07, 6.45) is 6.38. The van der Waals surface area contributed by atoms with E-state index in [1.165, 1.54) is 12.1 Å². The van der Waals surface area contributed by atoms with Crippen LogP contribution in [0, 0.1) is 6.92 Å². The highest BCUT2D eigenvalue weighted by atomic mass is 16.4. The van der Waals surface area contributed by atoms with Crippen molar-refractivity contribution in [1.82, 2.24) is 30.0 Å². The summed E-state index contributed by atoms with van der Waals surface area (Å²) in [5.41, 5.74) is 2.46. The number of hydrogen-bond donors (Lipinski definition) is 2. The summed E-state index contributed by atoms with van der Waals surface area (Å²) >= 11 is 0. The maximum Gasteiger partial charge on any atom is 0.335 e. The van der Waals surface area contributed by atoms with Gasteiger partial charge >= 0.3 is 5.97 Å². The first kappa shape index (κ1) is 23.1. The third-order valence-electron chi connectivity index (χ3n) is 5.92. The zero-order valence-electron chi connectivity index (χ0n) is 19.1. The monoisotopic (exact) mass is 462 g/mol. The predicted octanol–water partition coefficient (Wildman–Crippen LogP) is 2.17. The molecule has 0 spiro atoms. The largest absolute Gasteiger partial charge is 0.478 e. The van der Waals surface area contributed by atoms with E-state index in [1.807, 2.05) is 13.2 Å². The Kier molecular flexibility index (Phi) is 6.67. The minimum atomic E-state index is -1.07. The van der Waals surface area contributed by atoms with Crippen molar-refractivity contribution in [3.63, 3.8) is 0 Å². The van der Waals surface area contributed by atoms with Crippen molar-refractivity contribution < 1.29 is 19.5 Å². The summed E-state index contributed by atoms with van der Waals surface area (Å²) in [7, 11) is 1.82. The number of nitrogens with one attached hydrogen (secondary N) is 1. The van der Waals surface area contributed by atoms with Gasteiger partial charge in [0.15, 0.2) is 0 Å². The molecule has 1 aromatic carbocycles. The molecule has 4 rings (SSSR count). The number of nitrogens with zero attached hydrogens (tertiary/aromatic N) is 5. The Balaban J connectivity index is 1.44. The van der Waals surface area contributed by atoms with Gasteiger partial charge in [-0.15, -0.1) is 0 Å². The zero-order chi connectivity index (χ0) is 24.2. The molecule has 0 unspecified atom stereocenters. The Hall–Kier alpha value is -4.08. The molecule has 0 radical (unpaired) electrons. The number of carboxylic acids is 1. The van der Waals surface area contributed by atoms with Crippen molar-refractivity contribution in [1.29, 1.82) is 0 Å². The maximum atomic E-state index is 12.9. The normalized spacial score (nSPS) is 14.1. The van der Waals surface area contributed by atoms with Gasteiger partial charge in [0.25, 0.3) is 11.8 Å². The van der Waals surface area contributed by atoms with Crippen molar-refractivity contribution in [2.45, 2.75) is 32.2 Å². The number of aryl methyl sites for hydroxylation is 2. The Morgan fingerprint density at radius 3 is 2.56 bits per heavy atom. The fourth-order valence-corrected chi connectivity index (χ4v) is 4.14. The number of piperidine rings is 1. The number of benzene rings is 1. The van der Waals surface area contributed by atoms with Crippen LogP contribution in [0.2, 0.25) is 0 Å². The van der Waals surface area contributed by atoms with E-state index in [-0.39, 0.29) is 23.3 Å². The molecule has 2 N–H and O–H groups in total. The fourth-order valence-electron chi connectivity index (χ4n) is 4.14. The Morgan fingerprint density at radius 1 is 1.15 bits per heavy atom. The number of aromatic carboxylic acids is 1. The molecule has 34 heavy (non-hydrogen) atoms. The average Bonchev–Trinajstić information content (AvgIpc) is 3.27. The third-order valence-corrected chi connectivity index (χ3v) is 5.92. The lowest BCUT2D eigenvalue weighted by molar-refractivity contribution is 0.0696. The quantitative estimate of drug-likeness (QED) is 0.574. The Bertz CT molecular complexity index is 1230. The number of rotatable bonds is 6. The number of aromatic nitrogens is 4. The van der Waals surface area contributed by atoms with Crippen molar-refractivity contribution in [2.24, 2.45) is 7.05 Å². The molecule has 10 heteroatoms. The van der Waals surface area contributed by atoms with Gasteiger partial charge in [-0.2, -0.15) is 5.10 Å². The topological polar surface area (TPSA) is 130 Å². The average molecular weight is 463 g/mol. The molecule has 3 aromatic rings. The van der Waals surface area contributed by atoms with E-state index in [4.69, 9.17) is 0 Å². The SMILES string of the molecule is Cc1ncc(C(=O)NCc2cnn(C)c2)c(C2CCN(C(=O)c3cccc(C(=O)O)c3)CC2)n1. The lowest BCUT2D eigenvalue weighted by Crippen LogP contribution is -2.38. The first-order chi connectivity index (χ1) is 16.3. The maximum absolute atomic E-state index is 12.9. The molecular formula is C24H26N6O4. The van der Waals surface area contributed by atoms with Gasteiger partial charge < -0.3 is 15.3 Å². The molecule has 0 bridgehead atoms. The molecule has 1 saturated heterocycles. The molecule has 2 amide bonds. The highest BCUT2D eigenvalue weighted by molar-refractivity contribution is 5.97. The standard InChI is InChI=1S/C24H26N6O4/c1-15-25-13-20(22(31)26-11-16-12-27-29(2)14-16)21(28-15)17-6-8-30(9-7-17)23(32)18-4-3-5-19(10-18)24(33)34/h3-5,10,12-14,17H,6-9,11H2,1-2H3,(H,26,31)(H,33,34). The Labute approximate surface area is 196 Å². The minimum Gasteiger partial charge on any atom is -0.478 e. The van der Waals surface area contributed by atoms with Crippen LogP contribution in [0.25, 0.3) is 0 Å². The van der Waals surface area contributed by atoms with Crippen LogP contribution in [0.15, 0.2) is 42.9 Å². The lowest BCUT2D eigenvalue weighted by Gasteiger charge is -2.32. The van der Waals surface area contributed by atoms with E-state index in [0.717, 1.165) is 5.56 Å². The molecule has 10 nitrogen and oxygen atoms in total. The number of amides is 2. The minimum absolute atomic E-state index is 0.00949. The van der Waals surface area contributed by atoms with E-state index in [0.29, 0.717) is 55.1 Å². The summed E-state index contributed by atoms with van der Waals surface area (Å²) < 4.78 is 1.68. The molecule has 0 aliphatic carbocycles. The molecule has 0 atom stereocenters. The van der Waals surface area contributed by atoms with Crippen LogP contribution < -0.4 is 5.32 Å². The molecule has 1 aliphatic rings. The molecule has 1 fully saturated rings. The second-order valence-electron chi connectivity index (χ2n) is 8.37. The second kappa shape index (κ2) is 9.82. The van der Waals surface area contributed by atoms with Gasteiger partial charge in [0.1, 0.15) is 5.82 Å². The summed E-state index contributed by atoms with van der Waals surface area (Å²) in [6, 6.07) is 6.06. The molecule has 1 aliphatic heterocycles. The summed E-state index contributed by atoms with van der Waals surface area (Å²) in [5, 5.41) is 16.2. The van der Waals surface area contributed by atoms with Crippen LogP contribution in [0.1, 0.15) is 66.9 Å². The van der Waals surface area contributed by atoms with Crippen LogP contribution >= 0.6 is 0 Å². The van der Waals surface area contributed by atoms with Crippen molar-refractivity contribution >= 4 is 17.8 Å². The summed E-state index contributed by atoms with van der Waals surface area (Å²) in [5.74, 6) is -0.919. The second-order valence-corrected chi connectivity index (χ2v) is 8.37. The highest BCUT2D eigenvalue weighted by Gasteiger charge is 2.29. The Morgan fingerprint density at radius 2 is 1.88 bits per heavy atom. The van der Waals surface area contributed by atoms with Crippen molar-refractivity contribution in [3.05, 3.63) is 76.6 Å². The van der Waals surface area contributed by atoms with Gasteiger partial charge in [0, 0.05) is 56.1 Å². The van der Waals surface area contributed by atoms with Gasteiger partial charge in [-0.1, -0.05) is 6.07 Å². The zero-order valence-corrected chi connectivity index (χ0v) is 19.1. The van der Waals surface area contributed by atoms with Crippen LogP contribution in [-0.4, -0.2) is 60.6 Å². The molecule has 176 valence electrons. The lowest BCUT2D eigenvalue weighted by atomic mass is 9.90. The molecule has 3 heterocycles. The number of carbonyl (C=O) groups is 3. The molecular weight excluding hydrogens is 436 g/mol. The van der Waals surface area contributed by atoms with Crippen molar-refractivity contribution in [3.8, 4) is 0 Å². The van der Waals surface area contributed by atoms with Crippen LogP contribution in [0.5, 0.6) is 0 Å². The molecule has 0 saturated carbocycles. The first-order valence-corrected chi connectivity index (χ1v) is 11.0. The number of carboxylic acid groups (broad SMARTS) is 1. The van der Waals surface area contributed by atoms with Gasteiger partial charge in [0.05, 0.1) is 23.0 Å².